The molecule has 6 heteroatoms. The Morgan fingerprint density at radius 2 is 2.09 bits per heavy atom. The van der Waals surface area contributed by atoms with Crippen LogP contribution in [0, 0.1) is 0 Å². The number of pyridine rings is 1. The number of rotatable bonds is 4. The molecule has 3 rings (SSSR count). The highest BCUT2D eigenvalue weighted by molar-refractivity contribution is 5.96. The van der Waals surface area contributed by atoms with Gasteiger partial charge in [-0.3, -0.25) is 14.5 Å². The van der Waals surface area contributed by atoms with Crippen molar-refractivity contribution in [1.29, 1.82) is 0 Å². The molecule has 22 heavy (non-hydrogen) atoms. The van der Waals surface area contributed by atoms with E-state index in [-0.39, 0.29) is 11.9 Å². The van der Waals surface area contributed by atoms with E-state index in [4.69, 9.17) is 0 Å². The first-order valence-corrected chi connectivity index (χ1v) is 7.74. The molecule has 0 aliphatic carbocycles. The van der Waals surface area contributed by atoms with Gasteiger partial charge in [0.15, 0.2) is 0 Å². The van der Waals surface area contributed by atoms with Crippen molar-refractivity contribution in [2.24, 2.45) is 0 Å². The van der Waals surface area contributed by atoms with E-state index in [1.54, 1.807) is 29.5 Å². The van der Waals surface area contributed by atoms with Crippen molar-refractivity contribution in [3.05, 3.63) is 36.9 Å². The first-order chi connectivity index (χ1) is 10.8. The summed E-state index contributed by atoms with van der Waals surface area (Å²) in [5.41, 5.74) is 1.82. The first-order valence-electron chi connectivity index (χ1n) is 7.74. The molecule has 1 aliphatic heterocycles. The zero-order valence-electron chi connectivity index (χ0n) is 12.8. The number of anilines is 2. The molecule has 6 nitrogen and oxygen atoms in total. The van der Waals surface area contributed by atoms with Gasteiger partial charge in [-0.2, -0.15) is 5.10 Å². The van der Waals surface area contributed by atoms with Gasteiger partial charge in [0.05, 0.1) is 17.6 Å². The van der Waals surface area contributed by atoms with E-state index in [1.807, 2.05) is 19.1 Å². The Morgan fingerprint density at radius 3 is 2.82 bits per heavy atom. The number of amides is 1. The van der Waals surface area contributed by atoms with Gasteiger partial charge in [0, 0.05) is 31.7 Å². The van der Waals surface area contributed by atoms with Crippen molar-refractivity contribution in [1.82, 2.24) is 14.8 Å². The number of carbonyl (C=O) groups is 1. The lowest BCUT2D eigenvalue weighted by Crippen LogP contribution is -2.31. The summed E-state index contributed by atoms with van der Waals surface area (Å²) in [4.78, 5) is 18.9. The summed E-state index contributed by atoms with van der Waals surface area (Å²) in [5.74, 6) is -0.0880. The molecule has 0 aromatic carbocycles. The molecular formula is C16H21N5O. The Labute approximate surface area is 130 Å². The molecular weight excluding hydrogens is 278 g/mol. The Hall–Kier alpha value is -2.37. The van der Waals surface area contributed by atoms with Crippen molar-refractivity contribution in [3.63, 3.8) is 0 Å². The third kappa shape index (κ3) is 3.10. The van der Waals surface area contributed by atoms with E-state index in [2.05, 4.69) is 20.3 Å². The van der Waals surface area contributed by atoms with Crippen LogP contribution in [0.25, 0.3) is 0 Å². The molecule has 0 bridgehead atoms. The maximum atomic E-state index is 12.4. The SMILES string of the molecule is CC(C(=O)Nc1cnccc1N1CCCCC1)n1cccn1. The second-order valence-corrected chi connectivity index (χ2v) is 5.59. The number of carbonyl (C=O) groups excluding carboxylic acids is 1. The highest BCUT2D eigenvalue weighted by Crippen LogP contribution is 2.27. The van der Waals surface area contributed by atoms with Gasteiger partial charge >= 0.3 is 0 Å². The summed E-state index contributed by atoms with van der Waals surface area (Å²) < 4.78 is 1.65. The molecule has 1 aliphatic rings. The fourth-order valence-electron chi connectivity index (χ4n) is 2.76. The minimum absolute atomic E-state index is 0.0880. The second-order valence-electron chi connectivity index (χ2n) is 5.59. The summed E-state index contributed by atoms with van der Waals surface area (Å²) in [5, 5.41) is 7.11. The Balaban J connectivity index is 1.76. The van der Waals surface area contributed by atoms with Crippen LogP contribution in [0.4, 0.5) is 11.4 Å². The fourth-order valence-corrected chi connectivity index (χ4v) is 2.76. The van der Waals surface area contributed by atoms with Crippen molar-refractivity contribution in [3.8, 4) is 0 Å². The van der Waals surface area contributed by atoms with E-state index >= 15 is 0 Å². The Morgan fingerprint density at radius 1 is 1.27 bits per heavy atom. The van der Waals surface area contributed by atoms with Crippen LogP contribution in [0.3, 0.4) is 0 Å². The third-order valence-electron chi connectivity index (χ3n) is 4.05. The van der Waals surface area contributed by atoms with E-state index in [0.717, 1.165) is 24.5 Å². The quantitative estimate of drug-likeness (QED) is 0.942. The predicted molar refractivity (Wildman–Crippen MR) is 85.9 cm³/mol. The topological polar surface area (TPSA) is 63.1 Å². The molecule has 2 aromatic heterocycles. The van der Waals surface area contributed by atoms with Crippen LogP contribution in [0.5, 0.6) is 0 Å². The summed E-state index contributed by atoms with van der Waals surface area (Å²) >= 11 is 0. The van der Waals surface area contributed by atoms with Crippen molar-refractivity contribution in [2.45, 2.75) is 32.2 Å². The normalized spacial score (nSPS) is 16.3. The summed E-state index contributed by atoms with van der Waals surface area (Å²) in [6.07, 6.45) is 10.6. The van der Waals surface area contributed by atoms with E-state index in [0.29, 0.717) is 0 Å². The maximum Gasteiger partial charge on any atom is 0.249 e. The molecule has 1 saturated heterocycles. The summed E-state index contributed by atoms with van der Waals surface area (Å²) in [6, 6.07) is 3.43. The predicted octanol–water partition coefficient (Wildman–Crippen LogP) is 2.47. The van der Waals surface area contributed by atoms with Gasteiger partial charge < -0.3 is 10.2 Å². The lowest BCUT2D eigenvalue weighted by atomic mass is 10.1. The zero-order chi connectivity index (χ0) is 15.4. The second kappa shape index (κ2) is 6.60. The lowest BCUT2D eigenvalue weighted by molar-refractivity contribution is -0.119. The van der Waals surface area contributed by atoms with Gasteiger partial charge in [-0.15, -0.1) is 0 Å². The van der Waals surface area contributed by atoms with Gasteiger partial charge in [0.25, 0.3) is 0 Å². The molecule has 2 aromatic rings. The fraction of sp³-hybridized carbons (Fsp3) is 0.438. The Kier molecular flexibility index (Phi) is 4.37. The monoisotopic (exact) mass is 299 g/mol. The number of nitrogens with one attached hydrogen (secondary N) is 1. The minimum atomic E-state index is -0.357. The standard InChI is InChI=1S/C16H21N5O/c1-13(21-11-5-7-18-21)16(22)19-14-12-17-8-6-15(14)20-9-3-2-4-10-20/h5-8,11-13H,2-4,9-10H2,1H3,(H,19,22). The van der Waals surface area contributed by atoms with Crippen molar-refractivity contribution < 1.29 is 4.79 Å². The van der Waals surface area contributed by atoms with Crippen LogP contribution in [0.15, 0.2) is 36.9 Å². The van der Waals surface area contributed by atoms with Crippen molar-refractivity contribution >= 4 is 17.3 Å². The number of nitrogens with zero attached hydrogens (tertiary/aromatic N) is 4. The molecule has 1 fully saturated rings. The van der Waals surface area contributed by atoms with E-state index in [1.165, 1.54) is 19.3 Å². The van der Waals surface area contributed by atoms with Gasteiger partial charge in [0.2, 0.25) is 5.91 Å². The number of hydrogen-bond acceptors (Lipinski definition) is 4. The first kappa shape index (κ1) is 14.6. The average molecular weight is 299 g/mol. The van der Waals surface area contributed by atoms with E-state index in [9.17, 15) is 4.79 Å². The zero-order valence-corrected chi connectivity index (χ0v) is 12.8. The van der Waals surface area contributed by atoms with Gasteiger partial charge in [0.1, 0.15) is 6.04 Å². The molecule has 1 unspecified atom stereocenters. The molecule has 0 saturated carbocycles. The lowest BCUT2D eigenvalue weighted by Gasteiger charge is -2.30. The smallest absolute Gasteiger partial charge is 0.249 e. The number of piperidine rings is 1. The highest BCUT2D eigenvalue weighted by Gasteiger charge is 2.19. The van der Waals surface area contributed by atoms with Crippen LogP contribution >= 0.6 is 0 Å². The van der Waals surface area contributed by atoms with Crippen LogP contribution in [0.2, 0.25) is 0 Å². The molecule has 0 radical (unpaired) electrons. The highest BCUT2D eigenvalue weighted by atomic mass is 16.2. The van der Waals surface area contributed by atoms with Gasteiger partial charge in [-0.05, 0) is 38.3 Å². The Bertz CT molecular complexity index is 619. The summed E-state index contributed by atoms with van der Waals surface area (Å²) in [7, 11) is 0. The third-order valence-corrected chi connectivity index (χ3v) is 4.05. The number of aromatic nitrogens is 3. The largest absolute Gasteiger partial charge is 0.370 e. The van der Waals surface area contributed by atoms with E-state index < -0.39 is 0 Å². The van der Waals surface area contributed by atoms with Crippen LogP contribution in [-0.2, 0) is 4.79 Å². The molecule has 1 atom stereocenters. The summed E-state index contributed by atoms with van der Waals surface area (Å²) in [6.45, 7) is 3.89. The van der Waals surface area contributed by atoms with Crippen LogP contribution < -0.4 is 10.2 Å². The van der Waals surface area contributed by atoms with Gasteiger partial charge in [-0.1, -0.05) is 0 Å². The minimum Gasteiger partial charge on any atom is -0.370 e. The van der Waals surface area contributed by atoms with Crippen LogP contribution in [0.1, 0.15) is 32.2 Å². The van der Waals surface area contributed by atoms with Crippen LogP contribution in [-0.4, -0.2) is 33.8 Å². The van der Waals surface area contributed by atoms with Crippen molar-refractivity contribution in [2.75, 3.05) is 23.3 Å². The molecule has 116 valence electrons. The molecule has 1 N–H and O–H groups in total. The molecule has 0 spiro atoms. The maximum absolute atomic E-state index is 12.4. The molecule has 3 heterocycles. The van der Waals surface area contributed by atoms with Gasteiger partial charge in [-0.25, -0.2) is 0 Å². The average Bonchev–Trinajstić information content (AvgIpc) is 3.10. The molecule has 1 amide bonds. The number of hydrogen-bond donors (Lipinski definition) is 1.